The van der Waals surface area contributed by atoms with E-state index in [4.69, 9.17) is 11.6 Å². The van der Waals surface area contributed by atoms with Crippen LogP contribution in [-0.2, 0) is 6.54 Å². The number of hydrogen-bond donors (Lipinski definition) is 1. The Hall–Kier alpha value is -1.65. The van der Waals surface area contributed by atoms with E-state index in [1.54, 1.807) is 0 Å². The summed E-state index contributed by atoms with van der Waals surface area (Å²) in [6, 6.07) is 8.18. The minimum Gasteiger partial charge on any atom is -0.328 e. The maximum absolute atomic E-state index is 6.37. The molecule has 2 aromatic heterocycles. The van der Waals surface area contributed by atoms with Crippen molar-refractivity contribution in [2.45, 2.75) is 32.7 Å². The molecule has 4 nitrogen and oxygen atoms in total. The standard InChI is InChI=1S/C18H21ClN4/c1-12-21-16-17(14-4-2-3-5-15(14)22-18(16)19)23(12)11-8-13-6-9-20-10-7-13/h2-5,13,20H,6-11H2,1H3. The molecule has 120 valence electrons. The van der Waals surface area contributed by atoms with Gasteiger partial charge < -0.3 is 9.88 Å². The number of piperidine rings is 1. The molecular weight excluding hydrogens is 308 g/mol. The first kappa shape index (κ1) is 14.9. The van der Waals surface area contributed by atoms with Crippen molar-refractivity contribution in [3.8, 4) is 0 Å². The lowest BCUT2D eigenvalue weighted by molar-refractivity contribution is 0.338. The Kier molecular flexibility index (Phi) is 3.95. The smallest absolute Gasteiger partial charge is 0.157 e. The molecule has 1 aliphatic rings. The Balaban J connectivity index is 1.77. The van der Waals surface area contributed by atoms with Gasteiger partial charge in [0.25, 0.3) is 0 Å². The number of para-hydroxylation sites is 1. The highest BCUT2D eigenvalue weighted by Gasteiger charge is 2.18. The average molecular weight is 329 g/mol. The van der Waals surface area contributed by atoms with Crippen LogP contribution in [0.25, 0.3) is 21.9 Å². The van der Waals surface area contributed by atoms with E-state index < -0.39 is 0 Å². The second-order valence-electron chi connectivity index (χ2n) is 6.41. The van der Waals surface area contributed by atoms with Crippen LogP contribution in [0.4, 0.5) is 0 Å². The molecule has 23 heavy (non-hydrogen) atoms. The van der Waals surface area contributed by atoms with Crippen molar-refractivity contribution in [1.29, 1.82) is 0 Å². The predicted molar refractivity (Wildman–Crippen MR) is 95.0 cm³/mol. The molecule has 3 aromatic rings. The number of halogens is 1. The van der Waals surface area contributed by atoms with Crippen LogP contribution in [0.5, 0.6) is 0 Å². The molecule has 5 heteroatoms. The fraction of sp³-hybridized carbons (Fsp3) is 0.444. The summed E-state index contributed by atoms with van der Waals surface area (Å²) in [7, 11) is 0. The highest BCUT2D eigenvalue weighted by atomic mass is 35.5. The molecule has 1 aromatic carbocycles. The van der Waals surface area contributed by atoms with Crippen LogP contribution in [0.3, 0.4) is 0 Å². The topological polar surface area (TPSA) is 42.7 Å². The molecule has 0 radical (unpaired) electrons. The summed E-state index contributed by atoms with van der Waals surface area (Å²) in [5.74, 6) is 1.82. The van der Waals surface area contributed by atoms with Gasteiger partial charge in [0.1, 0.15) is 11.3 Å². The molecule has 1 N–H and O–H groups in total. The first-order valence-electron chi connectivity index (χ1n) is 8.36. The summed E-state index contributed by atoms with van der Waals surface area (Å²) in [4.78, 5) is 9.17. The lowest BCUT2D eigenvalue weighted by Gasteiger charge is -2.23. The summed E-state index contributed by atoms with van der Waals surface area (Å²) in [5.41, 5.74) is 2.90. The number of aromatic nitrogens is 3. The minimum absolute atomic E-state index is 0.502. The van der Waals surface area contributed by atoms with Gasteiger partial charge in [0, 0.05) is 11.9 Å². The van der Waals surface area contributed by atoms with E-state index in [1.807, 2.05) is 12.1 Å². The Labute approximate surface area is 140 Å². The zero-order chi connectivity index (χ0) is 15.8. The Morgan fingerprint density at radius 1 is 1.22 bits per heavy atom. The van der Waals surface area contributed by atoms with Gasteiger partial charge in [-0.25, -0.2) is 9.97 Å². The summed E-state index contributed by atoms with van der Waals surface area (Å²) in [6.07, 6.45) is 3.74. The molecule has 4 rings (SSSR count). The molecule has 3 heterocycles. The van der Waals surface area contributed by atoms with Gasteiger partial charge >= 0.3 is 0 Å². The maximum Gasteiger partial charge on any atom is 0.157 e. The fourth-order valence-electron chi connectivity index (χ4n) is 3.67. The van der Waals surface area contributed by atoms with E-state index in [9.17, 15) is 0 Å². The predicted octanol–water partition coefficient (Wildman–Crippen LogP) is 3.94. The molecule has 0 aliphatic carbocycles. The molecule has 0 saturated carbocycles. The summed E-state index contributed by atoms with van der Waals surface area (Å²) in [6.45, 7) is 5.35. The van der Waals surface area contributed by atoms with E-state index in [0.717, 1.165) is 53.3 Å². The number of benzene rings is 1. The van der Waals surface area contributed by atoms with Crippen molar-refractivity contribution < 1.29 is 0 Å². The van der Waals surface area contributed by atoms with Crippen molar-refractivity contribution in [2.24, 2.45) is 5.92 Å². The van der Waals surface area contributed by atoms with Gasteiger partial charge in [-0.05, 0) is 51.3 Å². The van der Waals surface area contributed by atoms with Crippen LogP contribution in [-0.4, -0.2) is 27.6 Å². The van der Waals surface area contributed by atoms with Crippen LogP contribution < -0.4 is 5.32 Å². The lowest BCUT2D eigenvalue weighted by atomic mass is 9.94. The van der Waals surface area contributed by atoms with Crippen LogP contribution in [0.15, 0.2) is 24.3 Å². The zero-order valence-corrected chi connectivity index (χ0v) is 14.1. The summed E-state index contributed by atoms with van der Waals surface area (Å²) in [5, 5.41) is 5.07. The molecular formula is C18H21ClN4. The van der Waals surface area contributed by atoms with E-state index in [0.29, 0.717) is 5.15 Å². The third kappa shape index (κ3) is 2.70. The number of imidazole rings is 1. The third-order valence-electron chi connectivity index (χ3n) is 4.95. The van der Waals surface area contributed by atoms with Crippen molar-refractivity contribution in [2.75, 3.05) is 13.1 Å². The number of aryl methyl sites for hydroxylation is 2. The van der Waals surface area contributed by atoms with Crippen molar-refractivity contribution >= 4 is 33.5 Å². The monoisotopic (exact) mass is 328 g/mol. The van der Waals surface area contributed by atoms with Crippen molar-refractivity contribution in [1.82, 2.24) is 19.9 Å². The Morgan fingerprint density at radius 2 is 2.00 bits per heavy atom. The Bertz CT molecular complexity index is 849. The normalized spacial score (nSPS) is 16.4. The number of nitrogens with one attached hydrogen (secondary N) is 1. The molecule has 0 unspecified atom stereocenters. The van der Waals surface area contributed by atoms with Crippen LogP contribution in [0, 0.1) is 12.8 Å². The maximum atomic E-state index is 6.37. The van der Waals surface area contributed by atoms with E-state index in [1.165, 1.54) is 19.3 Å². The number of nitrogens with zero attached hydrogens (tertiary/aromatic N) is 3. The van der Waals surface area contributed by atoms with Crippen LogP contribution >= 0.6 is 11.6 Å². The molecule has 0 atom stereocenters. The number of pyridine rings is 1. The van der Waals surface area contributed by atoms with Gasteiger partial charge in [0.2, 0.25) is 0 Å². The highest BCUT2D eigenvalue weighted by Crippen LogP contribution is 2.30. The van der Waals surface area contributed by atoms with Gasteiger partial charge in [-0.3, -0.25) is 0 Å². The van der Waals surface area contributed by atoms with Gasteiger partial charge in [-0.2, -0.15) is 0 Å². The average Bonchev–Trinajstić information content (AvgIpc) is 2.91. The van der Waals surface area contributed by atoms with Crippen molar-refractivity contribution in [3.05, 3.63) is 35.2 Å². The molecule has 0 amide bonds. The minimum atomic E-state index is 0.502. The molecule has 1 aliphatic heterocycles. The largest absolute Gasteiger partial charge is 0.328 e. The summed E-state index contributed by atoms with van der Waals surface area (Å²) >= 11 is 6.37. The van der Waals surface area contributed by atoms with Gasteiger partial charge in [-0.1, -0.05) is 29.8 Å². The first-order chi connectivity index (χ1) is 11.2. The molecule has 1 saturated heterocycles. The van der Waals surface area contributed by atoms with Crippen LogP contribution in [0.2, 0.25) is 5.15 Å². The molecule has 1 fully saturated rings. The van der Waals surface area contributed by atoms with E-state index >= 15 is 0 Å². The zero-order valence-electron chi connectivity index (χ0n) is 13.3. The molecule has 0 bridgehead atoms. The van der Waals surface area contributed by atoms with Gasteiger partial charge in [0.05, 0.1) is 11.0 Å². The third-order valence-corrected chi connectivity index (χ3v) is 5.21. The number of rotatable bonds is 3. The van der Waals surface area contributed by atoms with Gasteiger partial charge in [-0.15, -0.1) is 0 Å². The second kappa shape index (κ2) is 6.10. The van der Waals surface area contributed by atoms with Crippen molar-refractivity contribution in [3.63, 3.8) is 0 Å². The number of fused-ring (bicyclic) bond motifs is 3. The lowest BCUT2D eigenvalue weighted by Crippen LogP contribution is -2.28. The summed E-state index contributed by atoms with van der Waals surface area (Å²) < 4.78 is 2.33. The van der Waals surface area contributed by atoms with E-state index in [-0.39, 0.29) is 0 Å². The first-order valence-corrected chi connectivity index (χ1v) is 8.73. The number of hydrogen-bond acceptors (Lipinski definition) is 3. The van der Waals surface area contributed by atoms with Crippen LogP contribution in [0.1, 0.15) is 25.1 Å². The second-order valence-corrected chi connectivity index (χ2v) is 6.77. The van der Waals surface area contributed by atoms with Gasteiger partial charge in [0.15, 0.2) is 5.15 Å². The molecule has 0 spiro atoms. The quantitative estimate of drug-likeness (QED) is 0.741. The Morgan fingerprint density at radius 3 is 2.83 bits per heavy atom. The fourth-order valence-corrected chi connectivity index (χ4v) is 3.89. The van der Waals surface area contributed by atoms with E-state index in [2.05, 4.69) is 38.9 Å². The highest BCUT2D eigenvalue weighted by molar-refractivity contribution is 6.35. The SMILES string of the molecule is Cc1nc2c(Cl)nc3ccccc3c2n1CCC1CCNCC1.